The Balaban J connectivity index is 1.64. The summed E-state index contributed by atoms with van der Waals surface area (Å²) in [7, 11) is 0. The van der Waals surface area contributed by atoms with Crippen molar-refractivity contribution in [2.45, 2.75) is 45.3 Å². The normalized spacial score (nSPS) is 19.2. The van der Waals surface area contributed by atoms with Crippen LogP contribution in [0.1, 0.15) is 44.0 Å². The number of esters is 1. The lowest BCUT2D eigenvalue weighted by Crippen LogP contribution is -2.70. The first-order valence-electron chi connectivity index (χ1n) is 11.2. The van der Waals surface area contributed by atoms with Gasteiger partial charge in [-0.25, -0.2) is 9.18 Å². The zero-order chi connectivity index (χ0) is 24.6. The van der Waals surface area contributed by atoms with Crippen molar-refractivity contribution < 1.29 is 28.3 Å². The van der Waals surface area contributed by atoms with E-state index in [1.807, 2.05) is 0 Å². The third-order valence-corrected chi connectivity index (χ3v) is 6.23. The van der Waals surface area contributed by atoms with Crippen molar-refractivity contribution in [1.82, 2.24) is 4.90 Å². The number of hydrogen-bond acceptors (Lipinski definition) is 5. The SMILES string of the molecule is CCN(C(=O)COC(=O)C12CCC(=O)N1c1ccccc1C(=O)N2C(C)C)c1ccc(F)cc1. The molecule has 9 heteroatoms. The first-order valence-corrected chi connectivity index (χ1v) is 11.2. The van der Waals surface area contributed by atoms with Gasteiger partial charge in [0.05, 0.1) is 11.3 Å². The van der Waals surface area contributed by atoms with Crippen LogP contribution in [-0.2, 0) is 19.1 Å². The second-order valence-electron chi connectivity index (χ2n) is 8.52. The molecule has 0 aromatic heterocycles. The van der Waals surface area contributed by atoms with E-state index in [9.17, 15) is 23.6 Å². The Morgan fingerprint density at radius 3 is 2.44 bits per heavy atom. The van der Waals surface area contributed by atoms with Crippen molar-refractivity contribution in [2.24, 2.45) is 0 Å². The summed E-state index contributed by atoms with van der Waals surface area (Å²) in [6.07, 6.45) is 0.122. The maximum absolute atomic E-state index is 13.6. The summed E-state index contributed by atoms with van der Waals surface area (Å²) in [4.78, 5) is 56.9. The number of ether oxygens (including phenoxy) is 1. The van der Waals surface area contributed by atoms with E-state index < -0.39 is 36.0 Å². The number of hydrogen-bond donors (Lipinski definition) is 0. The highest BCUT2D eigenvalue weighted by atomic mass is 19.1. The smallest absolute Gasteiger partial charge is 0.354 e. The van der Waals surface area contributed by atoms with Crippen molar-refractivity contribution in [2.75, 3.05) is 23.0 Å². The topological polar surface area (TPSA) is 87.2 Å². The molecule has 1 fully saturated rings. The highest BCUT2D eigenvalue weighted by Crippen LogP contribution is 2.45. The lowest BCUT2D eigenvalue weighted by atomic mass is 9.95. The summed E-state index contributed by atoms with van der Waals surface area (Å²) in [6.45, 7) is 4.97. The largest absolute Gasteiger partial charge is 0.452 e. The Hall–Kier alpha value is -3.75. The average molecular weight is 467 g/mol. The molecule has 34 heavy (non-hydrogen) atoms. The maximum atomic E-state index is 13.6. The predicted octanol–water partition coefficient (Wildman–Crippen LogP) is 3.11. The van der Waals surface area contributed by atoms with Crippen LogP contribution in [0.5, 0.6) is 0 Å². The standard InChI is InChI=1S/C25H26FN3O5/c1-4-27(18-11-9-17(26)10-12-18)22(31)15-34-24(33)25-14-13-21(30)29(25)20-8-6-5-7-19(20)23(32)28(25)16(2)3/h5-12,16H,4,13-15H2,1-3H3. The molecule has 2 aromatic carbocycles. The Morgan fingerprint density at radius 2 is 1.79 bits per heavy atom. The van der Waals surface area contributed by atoms with E-state index in [4.69, 9.17) is 4.74 Å². The van der Waals surface area contributed by atoms with E-state index in [0.29, 0.717) is 16.9 Å². The third kappa shape index (κ3) is 3.61. The van der Waals surface area contributed by atoms with Gasteiger partial charge in [0.2, 0.25) is 11.6 Å². The van der Waals surface area contributed by atoms with Crippen LogP contribution >= 0.6 is 0 Å². The molecule has 4 rings (SSSR count). The zero-order valence-corrected chi connectivity index (χ0v) is 19.3. The van der Waals surface area contributed by atoms with Gasteiger partial charge in [0.15, 0.2) is 6.61 Å². The van der Waals surface area contributed by atoms with Crippen molar-refractivity contribution in [3.8, 4) is 0 Å². The van der Waals surface area contributed by atoms with Crippen LogP contribution in [0.2, 0.25) is 0 Å². The van der Waals surface area contributed by atoms with Gasteiger partial charge in [-0.2, -0.15) is 0 Å². The first kappa shape index (κ1) is 23.4. The number of carbonyl (C=O) groups excluding carboxylic acids is 4. The van der Waals surface area contributed by atoms with E-state index in [1.165, 1.54) is 39.0 Å². The predicted molar refractivity (Wildman–Crippen MR) is 123 cm³/mol. The van der Waals surface area contributed by atoms with E-state index in [0.717, 1.165) is 0 Å². The number of fused-ring (bicyclic) bond motifs is 3. The van der Waals surface area contributed by atoms with E-state index in [-0.39, 0.29) is 31.2 Å². The second-order valence-corrected chi connectivity index (χ2v) is 8.52. The minimum absolute atomic E-state index is 0.0601. The molecule has 0 bridgehead atoms. The highest BCUT2D eigenvalue weighted by Gasteiger charge is 2.62. The average Bonchev–Trinajstić information content (AvgIpc) is 3.17. The first-order chi connectivity index (χ1) is 16.2. The Kier molecular flexibility index (Phi) is 6.12. The number of halogens is 1. The van der Waals surface area contributed by atoms with E-state index in [2.05, 4.69) is 0 Å². The molecule has 0 radical (unpaired) electrons. The summed E-state index contributed by atoms with van der Waals surface area (Å²) >= 11 is 0. The lowest BCUT2D eigenvalue weighted by molar-refractivity contribution is -0.160. The molecule has 0 aliphatic carbocycles. The molecule has 2 heterocycles. The third-order valence-electron chi connectivity index (χ3n) is 6.23. The van der Waals surface area contributed by atoms with Crippen LogP contribution in [0.15, 0.2) is 48.5 Å². The second kappa shape index (κ2) is 8.89. The van der Waals surface area contributed by atoms with Crippen LogP contribution in [0, 0.1) is 5.82 Å². The van der Waals surface area contributed by atoms with E-state index in [1.54, 1.807) is 45.0 Å². The van der Waals surface area contributed by atoms with Gasteiger partial charge in [-0.15, -0.1) is 0 Å². The molecule has 0 spiro atoms. The molecule has 0 N–H and O–H groups in total. The number of nitrogens with zero attached hydrogens (tertiary/aromatic N) is 3. The fraction of sp³-hybridized carbons (Fsp3) is 0.360. The van der Waals surface area contributed by atoms with Gasteiger partial charge >= 0.3 is 5.97 Å². The molecule has 178 valence electrons. The molecule has 0 saturated carbocycles. The molecule has 1 saturated heterocycles. The summed E-state index contributed by atoms with van der Waals surface area (Å²) < 4.78 is 18.7. The summed E-state index contributed by atoms with van der Waals surface area (Å²) in [5, 5.41) is 0. The number of para-hydroxylation sites is 1. The van der Waals surface area contributed by atoms with E-state index >= 15 is 0 Å². The molecule has 1 atom stereocenters. The molecular formula is C25H26FN3O5. The summed E-state index contributed by atoms with van der Waals surface area (Å²) in [5.41, 5.74) is -0.508. The number of carbonyl (C=O) groups is 4. The maximum Gasteiger partial charge on any atom is 0.354 e. The van der Waals surface area contributed by atoms with Gasteiger partial charge in [0, 0.05) is 31.1 Å². The number of rotatable bonds is 6. The van der Waals surface area contributed by atoms with Crippen LogP contribution in [0.3, 0.4) is 0 Å². The summed E-state index contributed by atoms with van der Waals surface area (Å²) in [5.74, 6) is -2.44. The minimum atomic E-state index is -1.66. The fourth-order valence-corrected chi connectivity index (χ4v) is 4.82. The van der Waals surface area contributed by atoms with Crippen molar-refractivity contribution in [1.29, 1.82) is 0 Å². The number of likely N-dealkylation sites (N-methyl/N-ethyl adjacent to an activating group) is 1. The number of benzene rings is 2. The van der Waals surface area contributed by atoms with Crippen molar-refractivity contribution >= 4 is 35.1 Å². The van der Waals surface area contributed by atoms with Crippen molar-refractivity contribution in [3.63, 3.8) is 0 Å². The van der Waals surface area contributed by atoms with Crippen LogP contribution in [0.25, 0.3) is 0 Å². The highest BCUT2D eigenvalue weighted by molar-refractivity contribution is 6.15. The molecule has 8 nitrogen and oxygen atoms in total. The Morgan fingerprint density at radius 1 is 1.12 bits per heavy atom. The van der Waals surface area contributed by atoms with Gasteiger partial charge in [-0.05, 0) is 57.2 Å². The minimum Gasteiger partial charge on any atom is -0.452 e. The number of amides is 3. The molecule has 2 aliphatic heterocycles. The number of anilines is 2. The van der Waals surface area contributed by atoms with Gasteiger partial charge in [0.1, 0.15) is 5.82 Å². The molecule has 3 amide bonds. The molecular weight excluding hydrogens is 441 g/mol. The van der Waals surface area contributed by atoms with Crippen LogP contribution in [0.4, 0.5) is 15.8 Å². The van der Waals surface area contributed by atoms with Gasteiger partial charge in [-0.3, -0.25) is 19.3 Å². The molecule has 2 aromatic rings. The Labute approximate surface area is 196 Å². The van der Waals surface area contributed by atoms with Gasteiger partial charge in [0.25, 0.3) is 11.8 Å². The van der Waals surface area contributed by atoms with Gasteiger partial charge in [-0.1, -0.05) is 12.1 Å². The molecule has 2 aliphatic rings. The van der Waals surface area contributed by atoms with Crippen LogP contribution in [-0.4, -0.2) is 53.4 Å². The Bertz CT molecular complexity index is 1150. The molecule has 1 unspecified atom stereocenters. The summed E-state index contributed by atoms with van der Waals surface area (Å²) in [6, 6.07) is 11.7. The quantitative estimate of drug-likeness (QED) is 0.610. The monoisotopic (exact) mass is 467 g/mol. The van der Waals surface area contributed by atoms with Crippen LogP contribution < -0.4 is 9.80 Å². The zero-order valence-electron chi connectivity index (χ0n) is 19.3. The van der Waals surface area contributed by atoms with Gasteiger partial charge < -0.3 is 14.5 Å². The lowest BCUT2D eigenvalue weighted by Gasteiger charge is -2.50. The fourth-order valence-electron chi connectivity index (χ4n) is 4.82. The van der Waals surface area contributed by atoms with Crippen molar-refractivity contribution in [3.05, 3.63) is 59.9 Å².